The van der Waals surface area contributed by atoms with E-state index in [4.69, 9.17) is 5.11 Å². The molecule has 0 saturated heterocycles. The number of rotatable bonds is 4. The molecule has 0 spiro atoms. The van der Waals surface area contributed by atoms with Crippen molar-refractivity contribution < 1.29 is 9.90 Å². The van der Waals surface area contributed by atoms with Gasteiger partial charge in [0.05, 0.1) is 22.0 Å². The first-order chi connectivity index (χ1) is 8.22. The van der Waals surface area contributed by atoms with Gasteiger partial charge in [0.15, 0.2) is 0 Å². The minimum absolute atomic E-state index is 0.101. The molecule has 1 fully saturated rings. The van der Waals surface area contributed by atoms with Crippen LogP contribution in [-0.4, -0.2) is 16.1 Å². The molecule has 1 aliphatic carbocycles. The molecule has 5 heteroatoms. The number of thiazole rings is 1. The van der Waals surface area contributed by atoms with E-state index in [1.165, 1.54) is 29.2 Å². The van der Waals surface area contributed by atoms with Gasteiger partial charge < -0.3 is 5.11 Å². The highest BCUT2D eigenvalue weighted by atomic mass is 32.1. The van der Waals surface area contributed by atoms with Gasteiger partial charge in [-0.15, -0.1) is 22.7 Å². The normalized spacial score (nSPS) is 15.1. The summed E-state index contributed by atoms with van der Waals surface area (Å²) < 4.78 is 0. The smallest absolute Gasteiger partial charge is 0.308 e. The Hall–Kier alpha value is -1.20. The average molecular weight is 265 g/mol. The Labute approximate surface area is 107 Å². The Kier molecular flexibility index (Phi) is 2.72. The van der Waals surface area contributed by atoms with Gasteiger partial charge in [0.2, 0.25) is 0 Å². The largest absolute Gasteiger partial charge is 0.481 e. The van der Waals surface area contributed by atoms with Crippen LogP contribution < -0.4 is 0 Å². The van der Waals surface area contributed by atoms with E-state index >= 15 is 0 Å². The number of thiophene rings is 1. The first-order valence-electron chi connectivity index (χ1n) is 5.48. The fourth-order valence-electron chi connectivity index (χ4n) is 1.68. The zero-order valence-electron chi connectivity index (χ0n) is 9.05. The van der Waals surface area contributed by atoms with E-state index in [9.17, 15) is 4.79 Å². The van der Waals surface area contributed by atoms with Crippen LogP contribution in [0.5, 0.6) is 0 Å². The highest BCUT2D eigenvalue weighted by Crippen LogP contribution is 2.43. The number of carbonyl (C=O) groups is 1. The van der Waals surface area contributed by atoms with Crippen molar-refractivity contribution in [2.75, 3.05) is 0 Å². The van der Waals surface area contributed by atoms with Crippen LogP contribution in [0, 0.1) is 0 Å². The highest BCUT2D eigenvalue weighted by molar-refractivity contribution is 7.16. The van der Waals surface area contributed by atoms with Crippen molar-refractivity contribution in [1.29, 1.82) is 0 Å². The summed E-state index contributed by atoms with van der Waals surface area (Å²) in [5.74, 6) is -0.0949. The topological polar surface area (TPSA) is 50.2 Å². The molecule has 0 radical (unpaired) electrons. The molecule has 1 saturated carbocycles. The number of aliphatic carboxylic acids is 1. The molecule has 2 heterocycles. The molecule has 17 heavy (non-hydrogen) atoms. The maximum Gasteiger partial charge on any atom is 0.308 e. The molecule has 0 bridgehead atoms. The van der Waals surface area contributed by atoms with Crippen molar-refractivity contribution in [2.24, 2.45) is 0 Å². The Morgan fingerprint density at radius 1 is 1.47 bits per heavy atom. The number of nitrogens with zero attached hydrogens (tertiary/aromatic N) is 1. The monoisotopic (exact) mass is 265 g/mol. The molecule has 0 atom stereocenters. The summed E-state index contributed by atoms with van der Waals surface area (Å²) in [6.07, 6.45) is 2.63. The fraction of sp³-hybridized carbons (Fsp3) is 0.333. The van der Waals surface area contributed by atoms with Gasteiger partial charge in [-0.3, -0.25) is 4.79 Å². The Morgan fingerprint density at radius 3 is 3.00 bits per heavy atom. The first-order valence-corrected chi connectivity index (χ1v) is 7.18. The van der Waals surface area contributed by atoms with Crippen molar-refractivity contribution in [3.05, 3.63) is 27.4 Å². The van der Waals surface area contributed by atoms with Crippen molar-refractivity contribution in [3.8, 4) is 10.6 Å². The van der Waals surface area contributed by atoms with E-state index < -0.39 is 5.97 Å². The van der Waals surface area contributed by atoms with Gasteiger partial charge in [-0.1, -0.05) is 0 Å². The third-order valence-electron chi connectivity index (χ3n) is 2.69. The second-order valence-corrected chi connectivity index (χ2v) is 6.24. The maximum atomic E-state index is 10.6. The average Bonchev–Trinajstić information content (AvgIpc) is 2.84. The van der Waals surface area contributed by atoms with Crippen LogP contribution in [0.1, 0.15) is 28.6 Å². The predicted octanol–water partition coefficient (Wildman–Crippen LogP) is 3.38. The molecule has 3 nitrogen and oxygen atoms in total. The molecular weight excluding hydrogens is 254 g/mol. The lowest BCUT2D eigenvalue weighted by Crippen LogP contribution is -1.96. The lowest BCUT2D eigenvalue weighted by atomic mass is 10.3. The summed E-state index contributed by atoms with van der Waals surface area (Å²) in [7, 11) is 0. The molecule has 2 aromatic heterocycles. The Balaban J connectivity index is 1.81. The van der Waals surface area contributed by atoms with E-state index in [-0.39, 0.29) is 6.42 Å². The summed E-state index contributed by atoms with van der Waals surface area (Å²) in [6.45, 7) is 0. The van der Waals surface area contributed by atoms with Crippen LogP contribution in [-0.2, 0) is 11.2 Å². The molecular formula is C12H11NO2S2. The molecule has 0 unspecified atom stereocenters. The maximum absolute atomic E-state index is 10.6. The van der Waals surface area contributed by atoms with E-state index in [2.05, 4.69) is 10.4 Å². The van der Waals surface area contributed by atoms with Gasteiger partial charge in [-0.25, -0.2) is 4.98 Å². The zero-order valence-corrected chi connectivity index (χ0v) is 10.7. The standard InChI is InChI=1S/C12H11NO2S2/c14-11(15)5-8-3-4-10(17-8)9-6-16-12(13-9)7-1-2-7/h3-4,6-7H,1-2,5H2,(H,14,15). The number of carboxylic acids is 1. The third-order valence-corrected chi connectivity index (χ3v) is 4.80. The van der Waals surface area contributed by atoms with Crippen molar-refractivity contribution >= 4 is 28.6 Å². The second-order valence-electron chi connectivity index (χ2n) is 4.18. The van der Waals surface area contributed by atoms with Crippen molar-refractivity contribution in [3.63, 3.8) is 0 Å². The lowest BCUT2D eigenvalue weighted by Gasteiger charge is -1.90. The Bertz CT molecular complexity index is 554. The van der Waals surface area contributed by atoms with Gasteiger partial charge in [0, 0.05) is 16.2 Å². The molecule has 1 aliphatic rings. The summed E-state index contributed by atoms with van der Waals surface area (Å²) in [4.78, 5) is 17.2. The lowest BCUT2D eigenvalue weighted by molar-refractivity contribution is -0.136. The molecule has 0 amide bonds. The van der Waals surface area contributed by atoms with Gasteiger partial charge in [-0.05, 0) is 25.0 Å². The third kappa shape index (κ3) is 2.40. The van der Waals surface area contributed by atoms with Crippen LogP contribution in [0.2, 0.25) is 0 Å². The molecule has 3 rings (SSSR count). The summed E-state index contributed by atoms with van der Waals surface area (Å²) in [5, 5.41) is 12.0. The van der Waals surface area contributed by atoms with Crippen LogP contribution in [0.3, 0.4) is 0 Å². The molecule has 2 aromatic rings. The van der Waals surface area contributed by atoms with Crippen LogP contribution in [0.15, 0.2) is 17.5 Å². The highest BCUT2D eigenvalue weighted by Gasteiger charge is 2.26. The van der Waals surface area contributed by atoms with E-state index in [0.29, 0.717) is 5.92 Å². The molecule has 0 aromatic carbocycles. The number of aromatic nitrogens is 1. The summed E-state index contributed by atoms with van der Waals surface area (Å²) in [6, 6.07) is 3.85. The Morgan fingerprint density at radius 2 is 2.29 bits per heavy atom. The van der Waals surface area contributed by atoms with Gasteiger partial charge in [-0.2, -0.15) is 0 Å². The minimum Gasteiger partial charge on any atom is -0.481 e. The van der Waals surface area contributed by atoms with Crippen LogP contribution in [0.25, 0.3) is 10.6 Å². The molecule has 0 aliphatic heterocycles. The summed E-state index contributed by atoms with van der Waals surface area (Å²) in [5.41, 5.74) is 0.999. The quantitative estimate of drug-likeness (QED) is 0.922. The van der Waals surface area contributed by atoms with E-state index in [0.717, 1.165) is 15.4 Å². The van der Waals surface area contributed by atoms with Gasteiger partial charge in [0.25, 0.3) is 0 Å². The zero-order chi connectivity index (χ0) is 11.8. The SMILES string of the molecule is O=C(O)Cc1ccc(-c2csc(C3CC3)n2)s1. The van der Waals surface area contributed by atoms with E-state index in [1.54, 1.807) is 11.3 Å². The second kappa shape index (κ2) is 4.23. The van der Waals surface area contributed by atoms with Crippen molar-refractivity contribution in [2.45, 2.75) is 25.2 Å². The molecule has 88 valence electrons. The number of carboxylic acid groups (broad SMARTS) is 1. The first kappa shape index (κ1) is 10.9. The number of hydrogen-bond acceptors (Lipinski definition) is 4. The van der Waals surface area contributed by atoms with Crippen molar-refractivity contribution in [1.82, 2.24) is 4.98 Å². The molecule has 1 N–H and O–H groups in total. The minimum atomic E-state index is -0.782. The van der Waals surface area contributed by atoms with E-state index in [1.807, 2.05) is 12.1 Å². The van der Waals surface area contributed by atoms with Crippen LogP contribution >= 0.6 is 22.7 Å². The van der Waals surface area contributed by atoms with Gasteiger partial charge >= 0.3 is 5.97 Å². The fourth-order valence-corrected chi connectivity index (χ4v) is 3.70. The predicted molar refractivity (Wildman–Crippen MR) is 68.7 cm³/mol. The number of hydrogen-bond donors (Lipinski definition) is 1. The summed E-state index contributed by atoms with van der Waals surface area (Å²) >= 11 is 3.24. The van der Waals surface area contributed by atoms with Gasteiger partial charge in [0.1, 0.15) is 0 Å². The van der Waals surface area contributed by atoms with Crippen LogP contribution in [0.4, 0.5) is 0 Å².